The molecule has 0 spiro atoms. The van der Waals surface area contributed by atoms with E-state index >= 15 is 0 Å². The molecule has 1 saturated heterocycles. The second kappa shape index (κ2) is 7.28. The summed E-state index contributed by atoms with van der Waals surface area (Å²) in [6.45, 7) is 5.53. The smallest absolute Gasteiger partial charge is 0.255 e. The van der Waals surface area contributed by atoms with Crippen molar-refractivity contribution < 1.29 is 9.63 Å². The molecular formula is C18H19N5O2. The number of carbonyl (C=O) groups excluding carboxylic acids is 1. The Kier molecular flexibility index (Phi) is 4.91. The number of aryl methyl sites for hydroxylation is 2. The third-order valence-corrected chi connectivity index (χ3v) is 3.94. The normalized spacial score (nSPS) is 14.8. The highest BCUT2D eigenvalue weighted by molar-refractivity contribution is 5.96. The predicted octanol–water partition coefficient (Wildman–Crippen LogP) is 1.86. The van der Waals surface area contributed by atoms with Crippen molar-refractivity contribution in [2.75, 3.05) is 31.3 Å². The summed E-state index contributed by atoms with van der Waals surface area (Å²) in [7, 11) is 0. The molecule has 1 aromatic heterocycles. The van der Waals surface area contributed by atoms with Crippen molar-refractivity contribution >= 4 is 11.9 Å². The summed E-state index contributed by atoms with van der Waals surface area (Å²) >= 11 is 0. The van der Waals surface area contributed by atoms with Crippen molar-refractivity contribution in [1.82, 2.24) is 14.9 Å². The summed E-state index contributed by atoms with van der Waals surface area (Å²) in [5, 5.41) is 10.8. The summed E-state index contributed by atoms with van der Waals surface area (Å²) in [6.07, 6.45) is 0. The van der Waals surface area contributed by atoms with Gasteiger partial charge in [0.1, 0.15) is 0 Å². The maximum Gasteiger partial charge on any atom is 0.255 e. The molecule has 7 nitrogen and oxygen atoms in total. The molecule has 2 heterocycles. The van der Waals surface area contributed by atoms with Crippen LogP contribution in [0.15, 0.2) is 30.3 Å². The van der Waals surface area contributed by atoms with Gasteiger partial charge in [-0.15, -0.1) is 0 Å². The Morgan fingerprint density at radius 1 is 1.16 bits per heavy atom. The van der Waals surface area contributed by atoms with Crippen LogP contribution in [0.3, 0.4) is 0 Å². The summed E-state index contributed by atoms with van der Waals surface area (Å²) in [5.74, 6) is 0.341. The van der Waals surface area contributed by atoms with Gasteiger partial charge in [-0.25, -0.2) is 15.0 Å². The number of aromatic nitrogens is 2. The zero-order valence-electron chi connectivity index (χ0n) is 14.3. The van der Waals surface area contributed by atoms with Crippen molar-refractivity contribution in [3.8, 4) is 6.07 Å². The van der Waals surface area contributed by atoms with Gasteiger partial charge in [0.25, 0.3) is 5.91 Å². The molecule has 1 aliphatic heterocycles. The molecule has 0 N–H and O–H groups in total. The van der Waals surface area contributed by atoms with Gasteiger partial charge in [-0.3, -0.25) is 9.63 Å². The number of anilines is 1. The number of amides is 1. The Balaban J connectivity index is 1.75. The number of benzene rings is 1. The fourth-order valence-electron chi connectivity index (χ4n) is 2.77. The fourth-order valence-corrected chi connectivity index (χ4v) is 2.77. The average molecular weight is 337 g/mol. The second-order valence-corrected chi connectivity index (χ2v) is 5.84. The predicted molar refractivity (Wildman–Crippen MR) is 91.9 cm³/mol. The van der Waals surface area contributed by atoms with E-state index in [-0.39, 0.29) is 5.91 Å². The van der Waals surface area contributed by atoms with E-state index in [0.29, 0.717) is 43.3 Å². The van der Waals surface area contributed by atoms with Crippen LogP contribution >= 0.6 is 0 Å². The first-order chi connectivity index (χ1) is 12.1. The number of nitrogens with zero attached hydrogens (tertiary/aromatic N) is 5. The fraction of sp³-hybridized carbons (Fsp3) is 0.333. The SMILES string of the molecule is Cc1cc(C)nc(N2CCN(C(=O)c3ccccc3C#N)CCO2)n1. The monoisotopic (exact) mass is 337 g/mol. The lowest BCUT2D eigenvalue weighted by molar-refractivity contribution is 0.0729. The van der Waals surface area contributed by atoms with Crippen LogP contribution in [0.5, 0.6) is 0 Å². The molecule has 0 aliphatic carbocycles. The third kappa shape index (κ3) is 3.75. The average Bonchev–Trinajstić information content (AvgIpc) is 2.86. The van der Waals surface area contributed by atoms with Crippen molar-refractivity contribution in [1.29, 1.82) is 5.26 Å². The molecule has 2 aromatic rings. The van der Waals surface area contributed by atoms with Gasteiger partial charge in [0.2, 0.25) is 5.95 Å². The molecule has 3 rings (SSSR count). The first-order valence-corrected chi connectivity index (χ1v) is 8.09. The van der Waals surface area contributed by atoms with Crippen LogP contribution in [0.1, 0.15) is 27.3 Å². The summed E-state index contributed by atoms with van der Waals surface area (Å²) in [4.78, 5) is 29.0. The minimum atomic E-state index is -0.163. The van der Waals surface area contributed by atoms with Crippen molar-refractivity contribution in [3.63, 3.8) is 0 Å². The Morgan fingerprint density at radius 2 is 1.88 bits per heavy atom. The van der Waals surface area contributed by atoms with Gasteiger partial charge in [-0.1, -0.05) is 12.1 Å². The first-order valence-electron chi connectivity index (χ1n) is 8.09. The summed E-state index contributed by atoms with van der Waals surface area (Å²) < 4.78 is 0. The Bertz CT molecular complexity index is 810. The van der Waals surface area contributed by atoms with E-state index in [9.17, 15) is 10.1 Å². The molecule has 1 aliphatic rings. The number of carbonyl (C=O) groups is 1. The Morgan fingerprint density at radius 3 is 2.60 bits per heavy atom. The number of rotatable bonds is 2. The van der Waals surface area contributed by atoms with E-state index in [1.807, 2.05) is 19.9 Å². The highest BCUT2D eigenvalue weighted by atomic mass is 16.7. The maximum absolute atomic E-state index is 12.8. The minimum absolute atomic E-state index is 0.163. The zero-order valence-corrected chi connectivity index (χ0v) is 14.3. The standard InChI is InChI=1S/C18H19N5O2/c1-13-11-14(2)21-18(20-13)23-8-7-22(9-10-25-23)17(24)16-6-4-3-5-15(16)12-19/h3-6,11H,7-10H2,1-2H3. The number of hydrogen-bond donors (Lipinski definition) is 0. The Hall–Kier alpha value is -2.98. The van der Waals surface area contributed by atoms with E-state index in [1.54, 1.807) is 34.2 Å². The lowest BCUT2D eigenvalue weighted by atomic mass is 10.1. The van der Waals surface area contributed by atoms with Gasteiger partial charge in [0.15, 0.2) is 0 Å². The van der Waals surface area contributed by atoms with Gasteiger partial charge in [0, 0.05) is 24.5 Å². The topological polar surface area (TPSA) is 82.4 Å². The van der Waals surface area contributed by atoms with Crippen LogP contribution in [0.4, 0.5) is 5.95 Å². The lowest BCUT2D eigenvalue weighted by Crippen LogP contribution is -2.36. The molecule has 128 valence electrons. The second-order valence-electron chi connectivity index (χ2n) is 5.84. The zero-order chi connectivity index (χ0) is 17.8. The van der Waals surface area contributed by atoms with Crippen LogP contribution in [0, 0.1) is 25.2 Å². The highest BCUT2D eigenvalue weighted by Crippen LogP contribution is 2.15. The van der Waals surface area contributed by atoms with E-state index < -0.39 is 0 Å². The molecule has 0 bridgehead atoms. The van der Waals surface area contributed by atoms with Crippen molar-refractivity contribution in [2.24, 2.45) is 0 Å². The molecule has 1 fully saturated rings. The molecule has 0 atom stereocenters. The van der Waals surface area contributed by atoms with Crippen molar-refractivity contribution in [2.45, 2.75) is 13.8 Å². The quantitative estimate of drug-likeness (QED) is 0.832. The lowest BCUT2D eigenvalue weighted by Gasteiger charge is -2.21. The van der Waals surface area contributed by atoms with Crippen LogP contribution in [-0.2, 0) is 4.84 Å². The van der Waals surface area contributed by atoms with Crippen LogP contribution < -0.4 is 5.06 Å². The van der Waals surface area contributed by atoms with Crippen LogP contribution in [0.2, 0.25) is 0 Å². The van der Waals surface area contributed by atoms with Crippen molar-refractivity contribution in [3.05, 3.63) is 52.8 Å². The molecular weight excluding hydrogens is 318 g/mol. The molecule has 25 heavy (non-hydrogen) atoms. The van der Waals surface area contributed by atoms with Gasteiger partial charge in [-0.05, 0) is 32.0 Å². The van der Waals surface area contributed by atoms with Gasteiger partial charge in [0.05, 0.1) is 30.3 Å². The van der Waals surface area contributed by atoms with E-state index in [4.69, 9.17) is 4.84 Å². The number of hydroxylamine groups is 1. The molecule has 1 amide bonds. The molecule has 0 unspecified atom stereocenters. The minimum Gasteiger partial charge on any atom is -0.334 e. The molecule has 7 heteroatoms. The van der Waals surface area contributed by atoms with Gasteiger partial charge in [-0.2, -0.15) is 5.26 Å². The molecule has 0 radical (unpaired) electrons. The summed E-state index contributed by atoms with van der Waals surface area (Å²) in [6, 6.07) is 10.8. The third-order valence-electron chi connectivity index (χ3n) is 3.94. The molecule has 0 saturated carbocycles. The van der Waals surface area contributed by atoms with E-state index in [0.717, 1.165) is 11.4 Å². The first kappa shape index (κ1) is 16.9. The van der Waals surface area contributed by atoms with E-state index in [2.05, 4.69) is 16.0 Å². The van der Waals surface area contributed by atoms with Gasteiger partial charge >= 0.3 is 0 Å². The largest absolute Gasteiger partial charge is 0.334 e. The maximum atomic E-state index is 12.8. The molecule has 1 aromatic carbocycles. The van der Waals surface area contributed by atoms with Crippen LogP contribution in [0.25, 0.3) is 0 Å². The number of hydrogen-bond acceptors (Lipinski definition) is 6. The highest BCUT2D eigenvalue weighted by Gasteiger charge is 2.24. The van der Waals surface area contributed by atoms with Gasteiger partial charge < -0.3 is 4.90 Å². The summed E-state index contributed by atoms with van der Waals surface area (Å²) in [5.41, 5.74) is 2.53. The van der Waals surface area contributed by atoms with E-state index in [1.165, 1.54) is 0 Å². The number of nitriles is 1. The van der Waals surface area contributed by atoms with Crippen LogP contribution in [-0.4, -0.2) is 47.0 Å². The Labute approximate surface area is 146 Å².